The van der Waals surface area contributed by atoms with E-state index in [1.54, 1.807) is 11.3 Å². The van der Waals surface area contributed by atoms with Crippen LogP contribution in [0.1, 0.15) is 24.8 Å². The first-order valence-corrected chi connectivity index (χ1v) is 6.65. The lowest BCUT2D eigenvalue weighted by Gasteiger charge is -2.06. The Labute approximate surface area is 105 Å². The standard InChI is InChI=1S/C10H13BrF3NS/c11-9-5-8(7-16-9)6-15-4-2-1-3-10(12,13)14/h5,7,15H,1-4,6H2. The normalized spacial score (nSPS) is 12.0. The van der Waals surface area contributed by atoms with Gasteiger partial charge in [-0.15, -0.1) is 11.3 Å². The van der Waals surface area contributed by atoms with E-state index in [2.05, 4.69) is 21.2 Å². The number of nitrogens with one attached hydrogen (secondary N) is 1. The number of thiophene rings is 1. The van der Waals surface area contributed by atoms with Crippen LogP contribution in [0.5, 0.6) is 0 Å². The second-order valence-electron chi connectivity index (χ2n) is 3.51. The lowest BCUT2D eigenvalue weighted by molar-refractivity contribution is -0.135. The molecule has 0 aliphatic heterocycles. The predicted octanol–water partition coefficient (Wildman–Crippen LogP) is 4.33. The number of rotatable bonds is 6. The van der Waals surface area contributed by atoms with Gasteiger partial charge in [-0.2, -0.15) is 13.2 Å². The van der Waals surface area contributed by atoms with Gasteiger partial charge in [0.15, 0.2) is 0 Å². The Morgan fingerprint density at radius 3 is 2.62 bits per heavy atom. The van der Waals surface area contributed by atoms with E-state index in [9.17, 15) is 13.2 Å². The van der Waals surface area contributed by atoms with Gasteiger partial charge in [0.05, 0.1) is 3.79 Å². The molecule has 0 fully saturated rings. The van der Waals surface area contributed by atoms with Crippen molar-refractivity contribution in [3.63, 3.8) is 0 Å². The smallest absolute Gasteiger partial charge is 0.313 e. The summed E-state index contributed by atoms with van der Waals surface area (Å²) in [6, 6.07) is 2.01. The molecule has 1 rings (SSSR count). The second kappa shape index (κ2) is 6.61. The van der Waals surface area contributed by atoms with E-state index < -0.39 is 12.6 Å². The van der Waals surface area contributed by atoms with E-state index in [1.165, 1.54) is 0 Å². The summed E-state index contributed by atoms with van der Waals surface area (Å²) in [6.07, 6.45) is -3.94. The molecule has 1 heterocycles. The third-order valence-electron chi connectivity index (χ3n) is 2.01. The fourth-order valence-corrected chi connectivity index (χ4v) is 2.46. The van der Waals surface area contributed by atoms with Crippen molar-refractivity contribution in [1.29, 1.82) is 0 Å². The molecule has 6 heteroatoms. The molecule has 1 aromatic heterocycles. The first-order chi connectivity index (χ1) is 7.47. The van der Waals surface area contributed by atoms with Gasteiger partial charge >= 0.3 is 6.18 Å². The molecule has 0 aliphatic rings. The van der Waals surface area contributed by atoms with Crippen molar-refractivity contribution in [2.45, 2.75) is 32.0 Å². The van der Waals surface area contributed by atoms with Crippen LogP contribution in [-0.2, 0) is 6.54 Å². The van der Waals surface area contributed by atoms with Gasteiger partial charge < -0.3 is 5.32 Å². The third-order valence-corrected chi connectivity index (χ3v) is 3.57. The number of alkyl halides is 3. The van der Waals surface area contributed by atoms with Crippen LogP contribution in [0, 0.1) is 0 Å². The quantitative estimate of drug-likeness (QED) is 0.770. The zero-order chi connectivity index (χ0) is 12.0. The van der Waals surface area contributed by atoms with E-state index in [0.29, 0.717) is 19.5 Å². The molecule has 92 valence electrons. The first kappa shape index (κ1) is 14.0. The van der Waals surface area contributed by atoms with E-state index in [-0.39, 0.29) is 6.42 Å². The van der Waals surface area contributed by atoms with E-state index in [0.717, 1.165) is 9.35 Å². The lowest BCUT2D eigenvalue weighted by atomic mass is 10.2. The van der Waals surface area contributed by atoms with Gasteiger partial charge in [0.2, 0.25) is 0 Å². The number of hydrogen-bond acceptors (Lipinski definition) is 2. The molecule has 0 atom stereocenters. The van der Waals surface area contributed by atoms with Crippen LogP contribution in [0.2, 0.25) is 0 Å². The highest BCUT2D eigenvalue weighted by molar-refractivity contribution is 9.11. The Morgan fingerprint density at radius 1 is 1.31 bits per heavy atom. The summed E-state index contributed by atoms with van der Waals surface area (Å²) in [4.78, 5) is 0. The van der Waals surface area contributed by atoms with Gasteiger partial charge in [-0.25, -0.2) is 0 Å². The van der Waals surface area contributed by atoms with Crippen LogP contribution in [0.3, 0.4) is 0 Å². The lowest BCUT2D eigenvalue weighted by Crippen LogP contribution is -2.15. The summed E-state index contributed by atoms with van der Waals surface area (Å²) in [5.74, 6) is 0. The van der Waals surface area contributed by atoms with Crippen molar-refractivity contribution in [2.75, 3.05) is 6.54 Å². The van der Waals surface area contributed by atoms with Gasteiger partial charge in [0, 0.05) is 13.0 Å². The van der Waals surface area contributed by atoms with Crippen molar-refractivity contribution in [2.24, 2.45) is 0 Å². The van der Waals surface area contributed by atoms with Gasteiger partial charge in [-0.3, -0.25) is 0 Å². The monoisotopic (exact) mass is 315 g/mol. The molecule has 0 unspecified atom stereocenters. The van der Waals surface area contributed by atoms with Gasteiger partial charge in [0.25, 0.3) is 0 Å². The zero-order valence-electron chi connectivity index (χ0n) is 8.61. The molecule has 0 bridgehead atoms. The first-order valence-electron chi connectivity index (χ1n) is 4.98. The molecule has 0 spiro atoms. The molecule has 1 N–H and O–H groups in total. The molecule has 0 saturated heterocycles. The highest BCUT2D eigenvalue weighted by Crippen LogP contribution is 2.22. The zero-order valence-corrected chi connectivity index (χ0v) is 11.0. The molecular formula is C10H13BrF3NS. The summed E-state index contributed by atoms with van der Waals surface area (Å²) in [6.45, 7) is 1.34. The van der Waals surface area contributed by atoms with Gasteiger partial charge in [0.1, 0.15) is 0 Å². The van der Waals surface area contributed by atoms with Crippen LogP contribution in [0.15, 0.2) is 15.2 Å². The molecule has 0 radical (unpaired) electrons. The Kier molecular flexibility index (Phi) is 5.78. The fraction of sp³-hybridized carbons (Fsp3) is 0.600. The maximum absolute atomic E-state index is 11.8. The largest absolute Gasteiger partial charge is 0.389 e. The van der Waals surface area contributed by atoms with Crippen LogP contribution in [0.25, 0.3) is 0 Å². The molecule has 0 aliphatic carbocycles. The Hall–Kier alpha value is -0.0700. The molecule has 0 aromatic carbocycles. The van der Waals surface area contributed by atoms with Crippen LogP contribution < -0.4 is 5.32 Å². The Bertz CT molecular complexity index is 311. The van der Waals surface area contributed by atoms with Crippen molar-refractivity contribution in [3.8, 4) is 0 Å². The minimum atomic E-state index is -4.02. The molecule has 1 aromatic rings. The number of halogens is 4. The van der Waals surface area contributed by atoms with Gasteiger partial charge in [-0.05, 0) is 52.3 Å². The maximum Gasteiger partial charge on any atom is 0.389 e. The molecule has 0 saturated carbocycles. The predicted molar refractivity (Wildman–Crippen MR) is 63.6 cm³/mol. The van der Waals surface area contributed by atoms with Crippen molar-refractivity contribution < 1.29 is 13.2 Å². The van der Waals surface area contributed by atoms with Crippen molar-refractivity contribution in [1.82, 2.24) is 5.32 Å². The third kappa shape index (κ3) is 6.50. The van der Waals surface area contributed by atoms with Gasteiger partial charge in [-0.1, -0.05) is 0 Å². The van der Waals surface area contributed by atoms with Crippen molar-refractivity contribution in [3.05, 3.63) is 20.8 Å². The molecular weight excluding hydrogens is 303 g/mol. The summed E-state index contributed by atoms with van der Waals surface area (Å²) < 4.78 is 36.5. The SMILES string of the molecule is FC(F)(F)CCCCNCc1csc(Br)c1. The van der Waals surface area contributed by atoms with Crippen LogP contribution in [0.4, 0.5) is 13.2 Å². The summed E-state index contributed by atoms with van der Waals surface area (Å²) in [5, 5.41) is 5.14. The average molecular weight is 316 g/mol. The summed E-state index contributed by atoms with van der Waals surface area (Å²) in [5.41, 5.74) is 1.16. The van der Waals surface area contributed by atoms with Crippen LogP contribution in [-0.4, -0.2) is 12.7 Å². The van der Waals surface area contributed by atoms with E-state index in [1.807, 2.05) is 11.4 Å². The number of unbranched alkanes of at least 4 members (excludes halogenated alkanes) is 1. The highest BCUT2D eigenvalue weighted by Gasteiger charge is 2.25. The number of hydrogen-bond donors (Lipinski definition) is 1. The minimum Gasteiger partial charge on any atom is -0.313 e. The topological polar surface area (TPSA) is 12.0 Å². The molecule has 0 amide bonds. The Morgan fingerprint density at radius 2 is 2.06 bits per heavy atom. The molecule has 16 heavy (non-hydrogen) atoms. The van der Waals surface area contributed by atoms with E-state index in [4.69, 9.17) is 0 Å². The van der Waals surface area contributed by atoms with Crippen molar-refractivity contribution >= 4 is 27.3 Å². The maximum atomic E-state index is 11.8. The second-order valence-corrected chi connectivity index (χ2v) is 5.80. The fourth-order valence-electron chi connectivity index (χ4n) is 1.25. The molecule has 1 nitrogen and oxygen atoms in total. The average Bonchev–Trinajstić information content (AvgIpc) is 2.56. The Balaban J connectivity index is 2.00. The minimum absolute atomic E-state index is 0.198. The summed E-state index contributed by atoms with van der Waals surface area (Å²) in [7, 11) is 0. The van der Waals surface area contributed by atoms with E-state index >= 15 is 0 Å². The summed E-state index contributed by atoms with van der Waals surface area (Å²) >= 11 is 4.96. The van der Waals surface area contributed by atoms with Crippen LogP contribution >= 0.6 is 27.3 Å². The highest BCUT2D eigenvalue weighted by atomic mass is 79.9.